The van der Waals surface area contributed by atoms with E-state index in [-0.39, 0.29) is 5.41 Å². The number of nitrogens with zero attached hydrogens (tertiary/aromatic N) is 2. The summed E-state index contributed by atoms with van der Waals surface area (Å²) in [4.78, 5) is 4.99. The van der Waals surface area contributed by atoms with Crippen LogP contribution in [0.15, 0.2) is 243 Å². The molecular formula is C64H46N2. The lowest BCUT2D eigenvalue weighted by atomic mass is 9.70. The second-order valence-electron chi connectivity index (χ2n) is 18.4. The Bertz CT molecular complexity index is 3410. The molecule has 0 aromatic heterocycles. The fourth-order valence-corrected chi connectivity index (χ4v) is 11.8. The molecule has 1 spiro atoms. The van der Waals surface area contributed by atoms with E-state index in [0.717, 1.165) is 34.1 Å². The zero-order valence-electron chi connectivity index (χ0n) is 37.0. The van der Waals surface area contributed by atoms with Crippen molar-refractivity contribution in [2.24, 2.45) is 0 Å². The minimum Gasteiger partial charge on any atom is -0.310 e. The number of hydrogen-bond donors (Lipinski definition) is 0. The maximum absolute atomic E-state index is 2.53. The van der Waals surface area contributed by atoms with Crippen LogP contribution in [-0.2, 0) is 10.8 Å². The van der Waals surface area contributed by atoms with Crippen LogP contribution in [0.2, 0.25) is 0 Å². The molecule has 3 aliphatic rings. The quantitative estimate of drug-likeness (QED) is 0.158. The SMILES string of the molecule is CC1(C)c2ccccc2-c2ccc(N(c3ccc(-c4ccccc4)cc3)c3cc(N(c4ccccc4)c4ccccc4)c4c(c3)C3(c5ccccc5-c5ccccc53)c3ccccc3-4)cc21. The zero-order valence-corrected chi connectivity index (χ0v) is 37.0. The van der Waals surface area contributed by atoms with Crippen LogP contribution in [0.3, 0.4) is 0 Å². The smallest absolute Gasteiger partial charge is 0.0727 e. The van der Waals surface area contributed by atoms with Crippen molar-refractivity contribution < 1.29 is 0 Å². The van der Waals surface area contributed by atoms with Crippen molar-refractivity contribution in [2.45, 2.75) is 24.7 Å². The molecule has 3 aliphatic carbocycles. The predicted molar refractivity (Wildman–Crippen MR) is 275 cm³/mol. The summed E-state index contributed by atoms with van der Waals surface area (Å²) in [5.74, 6) is 0. The normalized spacial score (nSPS) is 13.8. The molecule has 2 nitrogen and oxygen atoms in total. The Balaban J connectivity index is 1.15. The van der Waals surface area contributed by atoms with Gasteiger partial charge in [-0.1, -0.05) is 196 Å². The number of para-hydroxylation sites is 2. The highest BCUT2D eigenvalue weighted by Gasteiger charge is 2.53. The summed E-state index contributed by atoms with van der Waals surface area (Å²) in [6.07, 6.45) is 0. The van der Waals surface area contributed by atoms with Crippen molar-refractivity contribution >= 4 is 34.1 Å². The highest BCUT2D eigenvalue weighted by Crippen LogP contribution is 2.66. The third-order valence-corrected chi connectivity index (χ3v) is 14.6. The van der Waals surface area contributed by atoms with E-state index < -0.39 is 5.41 Å². The van der Waals surface area contributed by atoms with Gasteiger partial charge in [-0.05, 0) is 133 Å². The van der Waals surface area contributed by atoms with E-state index in [1.54, 1.807) is 0 Å². The fourth-order valence-electron chi connectivity index (χ4n) is 11.8. The van der Waals surface area contributed by atoms with Crippen LogP contribution >= 0.6 is 0 Å². The minimum atomic E-state index is -0.562. The molecule has 0 heterocycles. The highest BCUT2D eigenvalue weighted by molar-refractivity contribution is 6.03. The molecule has 2 heteroatoms. The molecule has 312 valence electrons. The van der Waals surface area contributed by atoms with Crippen molar-refractivity contribution in [3.05, 3.63) is 276 Å². The molecule has 66 heavy (non-hydrogen) atoms. The molecule has 0 aliphatic heterocycles. The maximum atomic E-state index is 2.53. The number of rotatable bonds is 7. The Morgan fingerprint density at radius 2 is 0.682 bits per heavy atom. The Labute approximate surface area is 387 Å². The van der Waals surface area contributed by atoms with Crippen LogP contribution in [0.4, 0.5) is 34.1 Å². The summed E-state index contributed by atoms with van der Waals surface area (Å²) in [6.45, 7) is 4.75. The van der Waals surface area contributed by atoms with E-state index in [2.05, 4.69) is 266 Å². The molecule has 0 unspecified atom stereocenters. The Hall–Kier alpha value is -8.20. The van der Waals surface area contributed by atoms with Crippen molar-refractivity contribution in [2.75, 3.05) is 9.80 Å². The van der Waals surface area contributed by atoms with Crippen molar-refractivity contribution in [1.82, 2.24) is 0 Å². The van der Waals surface area contributed by atoms with Gasteiger partial charge in [0.15, 0.2) is 0 Å². The van der Waals surface area contributed by atoms with Crippen LogP contribution in [0, 0.1) is 0 Å². The molecule has 0 saturated heterocycles. The van der Waals surface area contributed by atoms with Gasteiger partial charge in [-0.15, -0.1) is 0 Å². The van der Waals surface area contributed by atoms with Crippen LogP contribution < -0.4 is 9.80 Å². The Kier molecular flexibility index (Phi) is 8.51. The van der Waals surface area contributed by atoms with E-state index in [1.807, 2.05) is 0 Å². The minimum absolute atomic E-state index is 0.172. The third kappa shape index (κ3) is 5.48. The van der Waals surface area contributed by atoms with Gasteiger partial charge in [0.25, 0.3) is 0 Å². The molecule has 0 radical (unpaired) electrons. The molecule has 0 saturated carbocycles. The molecule has 0 N–H and O–H groups in total. The van der Waals surface area contributed by atoms with Gasteiger partial charge in [-0.25, -0.2) is 0 Å². The molecule has 0 atom stereocenters. The van der Waals surface area contributed by atoms with Crippen LogP contribution in [0.1, 0.15) is 47.2 Å². The van der Waals surface area contributed by atoms with Crippen LogP contribution in [0.25, 0.3) is 44.5 Å². The number of benzene rings is 10. The number of fused-ring (bicyclic) bond motifs is 13. The topological polar surface area (TPSA) is 6.48 Å². The van der Waals surface area contributed by atoms with Gasteiger partial charge in [-0.3, -0.25) is 0 Å². The molecule has 0 amide bonds. The lowest BCUT2D eigenvalue weighted by Gasteiger charge is -2.35. The molecule has 10 aromatic rings. The number of anilines is 6. The van der Waals surface area contributed by atoms with Crippen molar-refractivity contribution in [1.29, 1.82) is 0 Å². The van der Waals surface area contributed by atoms with Gasteiger partial charge >= 0.3 is 0 Å². The monoisotopic (exact) mass is 842 g/mol. The van der Waals surface area contributed by atoms with Crippen LogP contribution in [-0.4, -0.2) is 0 Å². The summed E-state index contributed by atoms with van der Waals surface area (Å²) < 4.78 is 0. The third-order valence-electron chi connectivity index (χ3n) is 14.6. The lowest BCUT2D eigenvalue weighted by Crippen LogP contribution is -2.26. The predicted octanol–water partition coefficient (Wildman–Crippen LogP) is 16.9. The summed E-state index contributed by atoms with van der Waals surface area (Å²) in [6, 6.07) is 90.1. The lowest BCUT2D eigenvalue weighted by molar-refractivity contribution is 0.660. The van der Waals surface area contributed by atoms with Gasteiger partial charge < -0.3 is 9.80 Å². The van der Waals surface area contributed by atoms with E-state index in [4.69, 9.17) is 0 Å². The molecule has 0 fully saturated rings. The average Bonchev–Trinajstić information content (AvgIpc) is 3.94. The van der Waals surface area contributed by atoms with Crippen LogP contribution in [0.5, 0.6) is 0 Å². The van der Waals surface area contributed by atoms with Gasteiger partial charge in [0.2, 0.25) is 0 Å². The first-order valence-corrected chi connectivity index (χ1v) is 23.1. The molecule has 13 rings (SSSR count). The van der Waals surface area contributed by atoms with E-state index in [1.165, 1.54) is 77.9 Å². The first kappa shape index (κ1) is 38.3. The van der Waals surface area contributed by atoms with E-state index in [9.17, 15) is 0 Å². The Morgan fingerprint density at radius 3 is 1.27 bits per heavy atom. The van der Waals surface area contributed by atoms with Gasteiger partial charge in [0.05, 0.1) is 11.1 Å². The van der Waals surface area contributed by atoms with E-state index >= 15 is 0 Å². The first-order chi connectivity index (χ1) is 32.5. The fraction of sp³-hybridized carbons (Fsp3) is 0.0625. The number of hydrogen-bond acceptors (Lipinski definition) is 2. The second kappa shape index (κ2) is 14.7. The van der Waals surface area contributed by atoms with Gasteiger partial charge in [-0.2, -0.15) is 0 Å². The summed E-state index contributed by atoms with van der Waals surface area (Å²) in [5, 5.41) is 0. The maximum Gasteiger partial charge on any atom is 0.0727 e. The largest absolute Gasteiger partial charge is 0.310 e. The standard InChI is InChI=1S/C64H46N2/c1-63(2)55-30-16-12-26-50(55)53-39-38-48(40-59(53)63)65(47-36-34-44(35-37-47)43-20-6-3-7-21-43)49-41-60-62(61(42-49)66(45-22-8-4-9-23-45)46-24-10-5-11-25-46)54-29-15-19-33-58(54)64(60)56-31-17-13-27-51(56)52-28-14-18-32-57(52)64/h3-42H,1-2H3. The summed E-state index contributed by atoms with van der Waals surface area (Å²) >= 11 is 0. The zero-order chi connectivity index (χ0) is 44.0. The first-order valence-electron chi connectivity index (χ1n) is 23.1. The highest BCUT2D eigenvalue weighted by atomic mass is 15.2. The second-order valence-corrected chi connectivity index (χ2v) is 18.4. The van der Waals surface area contributed by atoms with Crippen molar-refractivity contribution in [3.8, 4) is 44.5 Å². The molecule has 0 bridgehead atoms. The Morgan fingerprint density at radius 1 is 0.273 bits per heavy atom. The molecular weight excluding hydrogens is 797 g/mol. The van der Waals surface area contributed by atoms with Crippen molar-refractivity contribution in [3.63, 3.8) is 0 Å². The molecule has 10 aromatic carbocycles. The van der Waals surface area contributed by atoms with Gasteiger partial charge in [0, 0.05) is 39.4 Å². The average molecular weight is 843 g/mol. The van der Waals surface area contributed by atoms with E-state index in [0.29, 0.717) is 0 Å². The van der Waals surface area contributed by atoms with Gasteiger partial charge in [0.1, 0.15) is 0 Å². The summed E-state index contributed by atoms with van der Waals surface area (Å²) in [5.41, 5.74) is 24.0. The summed E-state index contributed by atoms with van der Waals surface area (Å²) in [7, 11) is 0.